The van der Waals surface area contributed by atoms with Crippen molar-refractivity contribution >= 4 is 5.97 Å². The quantitative estimate of drug-likeness (QED) is 0.605. The Hall–Kier alpha value is -1.54. The first kappa shape index (κ1) is 13.9. The summed E-state index contributed by atoms with van der Waals surface area (Å²) in [6, 6.07) is 1.44. The molecule has 0 saturated carbocycles. The second kappa shape index (κ2) is 5.62. The van der Waals surface area contributed by atoms with Gasteiger partial charge in [-0.3, -0.25) is 4.98 Å². The van der Waals surface area contributed by atoms with Gasteiger partial charge in [-0.2, -0.15) is 0 Å². The van der Waals surface area contributed by atoms with Gasteiger partial charge in [-0.25, -0.2) is 4.79 Å². The Labute approximate surface area is 109 Å². The number of aliphatic hydroxyl groups is 3. The highest BCUT2D eigenvalue weighted by atomic mass is 16.6. The average Bonchev–Trinajstić information content (AvgIpc) is 2.74. The van der Waals surface area contributed by atoms with Gasteiger partial charge in [0.05, 0.1) is 19.3 Å². The number of aliphatic hydroxyl groups excluding tert-OH is 3. The van der Waals surface area contributed by atoms with Crippen LogP contribution in [0.2, 0.25) is 0 Å². The van der Waals surface area contributed by atoms with Crippen LogP contribution < -0.4 is 0 Å². The number of hydrogen-bond acceptors (Lipinski definition) is 7. The summed E-state index contributed by atoms with van der Waals surface area (Å²) in [6.07, 6.45) is -1.52. The van der Waals surface area contributed by atoms with Crippen LogP contribution in [-0.2, 0) is 9.47 Å². The fourth-order valence-electron chi connectivity index (χ4n) is 2.09. The van der Waals surface area contributed by atoms with Gasteiger partial charge in [0.2, 0.25) is 0 Å². The van der Waals surface area contributed by atoms with Gasteiger partial charge >= 0.3 is 5.97 Å². The van der Waals surface area contributed by atoms with Crippen LogP contribution in [0.25, 0.3) is 0 Å². The first-order valence-electron chi connectivity index (χ1n) is 5.74. The highest BCUT2D eigenvalue weighted by Gasteiger charge is 2.44. The third kappa shape index (κ3) is 2.45. The molecular formula is C12H15NO6. The van der Waals surface area contributed by atoms with E-state index in [0.29, 0.717) is 5.56 Å². The molecule has 3 N–H and O–H groups in total. The van der Waals surface area contributed by atoms with E-state index in [4.69, 9.17) is 9.84 Å². The molecule has 2 rings (SSSR count). The highest BCUT2D eigenvalue weighted by Crippen LogP contribution is 2.34. The number of methoxy groups -OCH3 is 1. The van der Waals surface area contributed by atoms with Crippen molar-refractivity contribution in [3.8, 4) is 0 Å². The lowest BCUT2D eigenvalue weighted by atomic mass is 9.99. The first-order valence-corrected chi connectivity index (χ1v) is 5.74. The lowest BCUT2D eigenvalue weighted by molar-refractivity contribution is -0.0231. The maximum absolute atomic E-state index is 11.6. The number of carbonyl (C=O) groups is 1. The molecule has 4 atom stereocenters. The van der Waals surface area contributed by atoms with Crippen LogP contribution >= 0.6 is 0 Å². The Morgan fingerprint density at radius 3 is 2.79 bits per heavy atom. The molecule has 7 heteroatoms. The summed E-state index contributed by atoms with van der Waals surface area (Å²) >= 11 is 0. The molecule has 104 valence electrons. The van der Waals surface area contributed by atoms with E-state index in [1.807, 2.05) is 0 Å². The summed E-state index contributed by atoms with van der Waals surface area (Å²) in [7, 11) is 1.24. The van der Waals surface area contributed by atoms with E-state index >= 15 is 0 Å². The number of rotatable bonds is 3. The van der Waals surface area contributed by atoms with Gasteiger partial charge in [0.25, 0.3) is 0 Å². The highest BCUT2D eigenvalue weighted by molar-refractivity contribution is 5.91. The zero-order chi connectivity index (χ0) is 14.0. The molecule has 0 radical (unpaired) electrons. The first-order chi connectivity index (χ1) is 9.10. The number of aromatic nitrogens is 1. The standard InChI is InChI=1S/C12H15NO6/c1-18-12(17)6-2-3-13-4-7(6)11-10(16)9(15)8(5-14)19-11/h2-4,8-11,14-16H,5H2,1H3/t8-,9-,10-,11-/m1/s1. The number of esters is 1. The minimum atomic E-state index is -1.25. The summed E-state index contributed by atoms with van der Waals surface area (Å²) < 4.78 is 9.99. The normalized spacial score (nSPS) is 30.3. The van der Waals surface area contributed by atoms with Crippen LogP contribution in [0, 0.1) is 0 Å². The van der Waals surface area contributed by atoms with Crippen LogP contribution in [-0.4, -0.2) is 58.3 Å². The zero-order valence-electron chi connectivity index (χ0n) is 10.3. The van der Waals surface area contributed by atoms with Crippen molar-refractivity contribution in [2.24, 2.45) is 0 Å². The zero-order valence-corrected chi connectivity index (χ0v) is 10.3. The van der Waals surface area contributed by atoms with Crippen LogP contribution in [0.3, 0.4) is 0 Å². The maximum atomic E-state index is 11.6. The molecule has 1 aliphatic rings. The largest absolute Gasteiger partial charge is 0.465 e. The van der Waals surface area contributed by atoms with E-state index < -0.39 is 37.0 Å². The third-order valence-electron chi connectivity index (χ3n) is 3.11. The van der Waals surface area contributed by atoms with Gasteiger partial charge in [-0.15, -0.1) is 0 Å². The summed E-state index contributed by atoms with van der Waals surface area (Å²) in [4.78, 5) is 15.5. The molecule has 1 aromatic heterocycles. The summed E-state index contributed by atoms with van der Waals surface area (Å²) in [6.45, 7) is -0.428. The van der Waals surface area contributed by atoms with Crippen molar-refractivity contribution in [2.75, 3.05) is 13.7 Å². The molecule has 1 fully saturated rings. The Kier molecular flexibility index (Phi) is 4.11. The predicted molar refractivity (Wildman–Crippen MR) is 62.3 cm³/mol. The minimum Gasteiger partial charge on any atom is -0.465 e. The van der Waals surface area contributed by atoms with Gasteiger partial charge in [0.15, 0.2) is 0 Å². The minimum absolute atomic E-state index is 0.201. The van der Waals surface area contributed by atoms with Crippen molar-refractivity contribution in [1.82, 2.24) is 4.98 Å². The van der Waals surface area contributed by atoms with Gasteiger partial charge in [-0.1, -0.05) is 0 Å². The second-order valence-corrected chi connectivity index (χ2v) is 4.21. The van der Waals surface area contributed by atoms with Gasteiger partial charge in [-0.05, 0) is 6.07 Å². The fraction of sp³-hybridized carbons (Fsp3) is 0.500. The molecule has 0 amide bonds. The summed E-state index contributed by atoms with van der Waals surface area (Å²) in [5.74, 6) is -0.588. The molecule has 0 aliphatic carbocycles. The number of ether oxygens (including phenoxy) is 2. The molecule has 0 unspecified atom stereocenters. The van der Waals surface area contributed by atoms with Crippen molar-refractivity contribution < 1.29 is 29.6 Å². The lowest BCUT2D eigenvalue weighted by Gasteiger charge is -2.17. The number of hydrogen-bond donors (Lipinski definition) is 3. The van der Waals surface area contributed by atoms with Crippen molar-refractivity contribution in [2.45, 2.75) is 24.4 Å². The molecule has 0 bridgehead atoms. The molecule has 1 aliphatic heterocycles. The van der Waals surface area contributed by atoms with E-state index in [1.54, 1.807) is 0 Å². The van der Waals surface area contributed by atoms with E-state index in [2.05, 4.69) is 9.72 Å². The number of nitrogens with zero attached hydrogens (tertiary/aromatic N) is 1. The Morgan fingerprint density at radius 1 is 1.47 bits per heavy atom. The molecule has 2 heterocycles. The van der Waals surface area contributed by atoms with Crippen LogP contribution in [0.15, 0.2) is 18.5 Å². The maximum Gasteiger partial charge on any atom is 0.338 e. The van der Waals surface area contributed by atoms with E-state index in [0.717, 1.165) is 0 Å². The Morgan fingerprint density at radius 2 is 2.21 bits per heavy atom. The third-order valence-corrected chi connectivity index (χ3v) is 3.11. The van der Waals surface area contributed by atoms with Crippen LogP contribution in [0.4, 0.5) is 0 Å². The fourth-order valence-corrected chi connectivity index (χ4v) is 2.09. The topological polar surface area (TPSA) is 109 Å². The second-order valence-electron chi connectivity index (χ2n) is 4.21. The number of pyridine rings is 1. The predicted octanol–water partition coefficient (Wildman–Crippen LogP) is -0.978. The van der Waals surface area contributed by atoms with Crippen molar-refractivity contribution in [1.29, 1.82) is 0 Å². The van der Waals surface area contributed by atoms with Gasteiger partial charge in [0, 0.05) is 18.0 Å². The monoisotopic (exact) mass is 269 g/mol. The molecular weight excluding hydrogens is 254 g/mol. The molecule has 19 heavy (non-hydrogen) atoms. The van der Waals surface area contributed by atoms with Gasteiger partial charge in [0.1, 0.15) is 24.4 Å². The molecule has 1 saturated heterocycles. The van der Waals surface area contributed by atoms with E-state index in [-0.39, 0.29) is 5.56 Å². The molecule has 0 spiro atoms. The van der Waals surface area contributed by atoms with E-state index in [1.165, 1.54) is 25.6 Å². The van der Waals surface area contributed by atoms with E-state index in [9.17, 15) is 15.0 Å². The Bertz CT molecular complexity index is 465. The smallest absolute Gasteiger partial charge is 0.338 e. The van der Waals surface area contributed by atoms with Crippen LogP contribution in [0.1, 0.15) is 22.0 Å². The lowest BCUT2D eigenvalue weighted by Crippen LogP contribution is -2.32. The summed E-state index contributed by atoms with van der Waals surface area (Å²) in [5, 5.41) is 28.7. The Balaban J connectivity index is 2.35. The molecule has 7 nitrogen and oxygen atoms in total. The molecule has 1 aromatic rings. The number of carbonyl (C=O) groups excluding carboxylic acids is 1. The average molecular weight is 269 g/mol. The van der Waals surface area contributed by atoms with Crippen molar-refractivity contribution in [3.63, 3.8) is 0 Å². The van der Waals surface area contributed by atoms with Crippen molar-refractivity contribution in [3.05, 3.63) is 29.6 Å². The van der Waals surface area contributed by atoms with Crippen LogP contribution in [0.5, 0.6) is 0 Å². The van der Waals surface area contributed by atoms with Gasteiger partial charge < -0.3 is 24.8 Å². The molecule has 0 aromatic carbocycles. The summed E-state index contributed by atoms with van der Waals surface area (Å²) in [5.41, 5.74) is 0.518. The SMILES string of the molecule is COC(=O)c1ccncc1[C@H]1O[C@H](CO)[C@@H](O)[C@H]1O.